The average Bonchev–Trinajstić information content (AvgIpc) is 0.849. The Morgan fingerprint density at radius 2 is 0.719 bits per heavy atom. The van der Waals surface area contributed by atoms with Crippen LogP contribution in [0.2, 0.25) is 0 Å². The van der Waals surface area contributed by atoms with Crippen molar-refractivity contribution in [3.8, 4) is 0 Å². The van der Waals surface area contributed by atoms with E-state index in [4.69, 9.17) is 28.4 Å². The molecule has 3 saturated heterocycles. The van der Waals surface area contributed by atoms with Crippen LogP contribution in [0.15, 0.2) is 72.9 Å². The van der Waals surface area contributed by atoms with Crippen molar-refractivity contribution in [3.05, 3.63) is 72.9 Å². The molecule has 3 aliphatic rings. The number of hydrogen-bond acceptors (Lipinski definition) is 18. The summed E-state index contributed by atoms with van der Waals surface area (Å²) >= 11 is 0. The molecule has 1 amide bonds. The van der Waals surface area contributed by atoms with Gasteiger partial charge in [0, 0.05) is 6.42 Å². The predicted molar refractivity (Wildman–Crippen MR) is 378 cm³/mol. The fraction of sp³-hybridized carbons (Fsp3) is 0.831. The summed E-state index contributed by atoms with van der Waals surface area (Å²) in [6.07, 6.45) is 48.0. The molecular formula is C77H137NO18. The summed E-state index contributed by atoms with van der Waals surface area (Å²) in [4.78, 5) is 13.4. The largest absolute Gasteiger partial charge is 0.394 e. The first kappa shape index (κ1) is 87.4. The molecule has 0 aromatic carbocycles. The molecule has 0 aromatic heterocycles. The number of amides is 1. The summed E-state index contributed by atoms with van der Waals surface area (Å²) in [7, 11) is 0. The van der Waals surface area contributed by atoms with Crippen molar-refractivity contribution in [3.63, 3.8) is 0 Å². The molecule has 3 rings (SSSR count). The van der Waals surface area contributed by atoms with Gasteiger partial charge < -0.3 is 89.9 Å². The summed E-state index contributed by atoms with van der Waals surface area (Å²) in [6, 6.07) is -0.971. The maximum absolute atomic E-state index is 13.4. The summed E-state index contributed by atoms with van der Waals surface area (Å²) in [6.45, 7) is 1.60. The van der Waals surface area contributed by atoms with E-state index in [1.54, 1.807) is 6.08 Å². The molecule has 0 bridgehead atoms. The molecule has 0 saturated carbocycles. The molecule has 0 spiro atoms. The van der Waals surface area contributed by atoms with Gasteiger partial charge in [-0.3, -0.25) is 4.79 Å². The van der Waals surface area contributed by atoms with E-state index < -0.39 is 124 Å². The van der Waals surface area contributed by atoms with Crippen molar-refractivity contribution in [1.29, 1.82) is 0 Å². The maximum Gasteiger partial charge on any atom is 0.220 e. The van der Waals surface area contributed by atoms with Crippen LogP contribution in [-0.4, -0.2) is 193 Å². The van der Waals surface area contributed by atoms with Crippen molar-refractivity contribution < 1.29 is 89.4 Å². The van der Waals surface area contributed by atoms with E-state index in [0.29, 0.717) is 6.42 Å². The van der Waals surface area contributed by atoms with Crippen LogP contribution in [0.5, 0.6) is 0 Å². The van der Waals surface area contributed by atoms with Gasteiger partial charge in [0.2, 0.25) is 5.91 Å². The van der Waals surface area contributed by atoms with Crippen molar-refractivity contribution in [2.45, 2.75) is 381 Å². The Bertz CT molecular complexity index is 2020. The van der Waals surface area contributed by atoms with Crippen molar-refractivity contribution >= 4 is 5.91 Å². The Labute approximate surface area is 578 Å². The molecule has 19 nitrogen and oxygen atoms in total. The lowest BCUT2D eigenvalue weighted by Gasteiger charge is -2.48. The zero-order valence-corrected chi connectivity index (χ0v) is 59.3. The number of allylic oxidation sites excluding steroid dienone is 11. The normalized spacial score (nSPS) is 27.4. The second-order valence-electron chi connectivity index (χ2n) is 27.1. The van der Waals surface area contributed by atoms with Gasteiger partial charge in [-0.2, -0.15) is 0 Å². The SMILES string of the molecule is CC/C=C\C/C=C\C/C=C\C/C=C\C/C=C\CCCCCCCCCCCCCCCCCCCCCCCCCCCC(=O)NC(COC1OC(CO)C(OC2OC(CO)C(OC3OC(CO)C(O)C(O)C3O)C(O)C2O)C(O)C1O)C(O)/C=C/CCCCCCCCCC. The summed E-state index contributed by atoms with van der Waals surface area (Å²) in [5, 5.41) is 120. The minimum absolute atomic E-state index is 0.245. The van der Waals surface area contributed by atoms with Gasteiger partial charge in [-0.15, -0.1) is 0 Å². The lowest BCUT2D eigenvalue weighted by molar-refractivity contribution is -0.379. The second-order valence-corrected chi connectivity index (χ2v) is 27.1. The average molecular weight is 1360 g/mol. The van der Waals surface area contributed by atoms with E-state index in [1.807, 2.05) is 6.08 Å². The lowest BCUT2D eigenvalue weighted by Crippen LogP contribution is -2.66. The molecule has 12 N–H and O–H groups in total. The Morgan fingerprint density at radius 3 is 1.12 bits per heavy atom. The smallest absolute Gasteiger partial charge is 0.220 e. The van der Waals surface area contributed by atoms with E-state index in [0.717, 1.165) is 77.0 Å². The number of ether oxygens (including phenoxy) is 6. The maximum atomic E-state index is 13.4. The second kappa shape index (κ2) is 57.8. The number of aliphatic hydroxyl groups excluding tert-OH is 11. The zero-order valence-electron chi connectivity index (χ0n) is 59.3. The predicted octanol–water partition coefficient (Wildman–Crippen LogP) is 11.7. The van der Waals surface area contributed by atoms with Crippen LogP contribution in [0.25, 0.3) is 0 Å². The third kappa shape index (κ3) is 38.3. The number of carbonyl (C=O) groups is 1. The molecule has 17 atom stereocenters. The van der Waals surface area contributed by atoms with E-state index >= 15 is 0 Å². The minimum Gasteiger partial charge on any atom is -0.394 e. The van der Waals surface area contributed by atoms with E-state index in [-0.39, 0.29) is 18.9 Å². The number of nitrogens with one attached hydrogen (secondary N) is 1. The van der Waals surface area contributed by atoms with E-state index in [2.05, 4.69) is 79.9 Å². The number of rotatable bonds is 59. The fourth-order valence-corrected chi connectivity index (χ4v) is 12.6. The van der Waals surface area contributed by atoms with Gasteiger partial charge in [0.1, 0.15) is 73.2 Å². The summed E-state index contributed by atoms with van der Waals surface area (Å²) < 4.78 is 34.3. The third-order valence-electron chi connectivity index (χ3n) is 18.8. The first-order chi connectivity index (χ1) is 46.8. The van der Waals surface area contributed by atoms with Crippen LogP contribution in [-0.2, 0) is 33.2 Å². The van der Waals surface area contributed by atoms with Gasteiger partial charge in [-0.1, -0.05) is 279 Å². The number of unbranched alkanes of at least 4 members (excludes halogenated alkanes) is 33. The molecule has 0 radical (unpaired) electrons. The van der Waals surface area contributed by atoms with Crippen molar-refractivity contribution in [1.82, 2.24) is 5.32 Å². The fourth-order valence-electron chi connectivity index (χ4n) is 12.6. The highest BCUT2D eigenvalue weighted by Crippen LogP contribution is 2.33. The van der Waals surface area contributed by atoms with Crippen LogP contribution in [0, 0.1) is 0 Å². The molecule has 19 heteroatoms. The van der Waals surface area contributed by atoms with Gasteiger partial charge in [0.05, 0.1) is 38.6 Å². The number of hydrogen-bond donors (Lipinski definition) is 12. The van der Waals surface area contributed by atoms with Gasteiger partial charge in [0.25, 0.3) is 0 Å². The molecule has 558 valence electrons. The summed E-state index contributed by atoms with van der Waals surface area (Å²) in [5.74, 6) is -0.275. The molecule has 17 unspecified atom stereocenters. The quantitative estimate of drug-likeness (QED) is 0.0199. The van der Waals surface area contributed by atoms with Gasteiger partial charge in [-0.05, 0) is 64.2 Å². The molecule has 0 aliphatic carbocycles. The highest BCUT2D eigenvalue weighted by atomic mass is 16.8. The highest BCUT2D eigenvalue weighted by molar-refractivity contribution is 5.76. The lowest BCUT2D eigenvalue weighted by atomic mass is 9.96. The molecule has 3 heterocycles. The molecule has 3 fully saturated rings. The van der Waals surface area contributed by atoms with E-state index in [9.17, 15) is 61.0 Å². The number of aliphatic hydroxyl groups is 11. The van der Waals surface area contributed by atoms with Gasteiger partial charge in [-0.25, -0.2) is 0 Å². The van der Waals surface area contributed by atoms with Gasteiger partial charge in [0.15, 0.2) is 18.9 Å². The van der Waals surface area contributed by atoms with Crippen molar-refractivity contribution in [2.75, 3.05) is 26.4 Å². The number of carbonyl (C=O) groups excluding carboxylic acids is 1. The Kier molecular flexibility index (Phi) is 52.7. The van der Waals surface area contributed by atoms with Crippen LogP contribution < -0.4 is 5.32 Å². The summed E-state index contributed by atoms with van der Waals surface area (Å²) in [5.41, 5.74) is 0. The first-order valence-corrected chi connectivity index (χ1v) is 38.2. The van der Waals surface area contributed by atoms with Crippen LogP contribution in [0.1, 0.15) is 277 Å². The minimum atomic E-state index is -1.98. The molecule has 96 heavy (non-hydrogen) atoms. The van der Waals surface area contributed by atoms with Gasteiger partial charge >= 0.3 is 0 Å². The van der Waals surface area contributed by atoms with E-state index in [1.165, 1.54) is 173 Å². The Morgan fingerprint density at radius 1 is 0.385 bits per heavy atom. The van der Waals surface area contributed by atoms with Crippen molar-refractivity contribution in [2.24, 2.45) is 0 Å². The van der Waals surface area contributed by atoms with Crippen LogP contribution in [0.3, 0.4) is 0 Å². The van der Waals surface area contributed by atoms with Crippen LogP contribution >= 0.6 is 0 Å². The molecular weight excluding hydrogens is 1230 g/mol. The third-order valence-corrected chi connectivity index (χ3v) is 18.8. The Balaban J connectivity index is 1.25. The van der Waals surface area contributed by atoms with Crippen LogP contribution in [0.4, 0.5) is 0 Å². The standard InChI is InChI=1S/C77H137NO18/c1-3-5-7-9-11-13-15-16-17-18-19-20-21-22-23-24-25-26-27-28-29-30-31-32-33-34-35-36-37-38-39-40-41-42-43-44-45-47-49-51-53-55-65(83)78-60(61(82)54-52-50-48-46-14-12-10-8-6-4-2)59-91-75-71(89)68(86)73(63(57-80)93-75)96-77-72(90)69(87)74(64(58-81)94-77)95-76-70(88)67(85)66(84)62(56-79)92-76/h5,7,11,13,16-17,19-20,22-23,52,54,60-64,66-77,79-82,84-90H,3-4,6,8-10,12,14-15,18,21,24-51,53,55-59H2,1-2H3,(H,78,83)/b7-5-,13-11-,17-16-,20-19-,23-22-,54-52+. The molecule has 3 aliphatic heterocycles. The first-order valence-electron chi connectivity index (χ1n) is 38.2. The Hall–Kier alpha value is -2.77. The highest BCUT2D eigenvalue weighted by Gasteiger charge is 2.53. The topological polar surface area (TPSA) is 307 Å². The molecule has 0 aromatic rings. The zero-order chi connectivity index (χ0) is 69.6. The monoisotopic (exact) mass is 1360 g/mol.